The van der Waals surface area contributed by atoms with Crippen molar-refractivity contribution in [2.75, 3.05) is 32.7 Å². The second-order valence-electron chi connectivity index (χ2n) is 7.31. The van der Waals surface area contributed by atoms with Crippen LogP contribution in [0.2, 0.25) is 10.0 Å². The fourth-order valence-corrected chi connectivity index (χ4v) is 3.65. The molecule has 1 fully saturated rings. The number of hydrogen-bond donors (Lipinski definition) is 3. The lowest BCUT2D eigenvalue weighted by Gasteiger charge is -2.29. The standard InChI is InChI=1S/C21H24Cl2N4O/c1-16-2-4-17(5-3-16)14-26-8-10-27(11-9-26)15-21(28)25-24-13-18-6-7-19(22)20(23)12-18/h2-7,12-13H,8-11,14-15H2,1H3,(H,25,28)/p+2/b24-13-. The van der Waals surface area contributed by atoms with Crippen molar-refractivity contribution in [2.45, 2.75) is 13.5 Å². The van der Waals surface area contributed by atoms with Crippen molar-refractivity contribution in [3.63, 3.8) is 0 Å². The maximum Gasteiger partial charge on any atom is 0.295 e. The quantitative estimate of drug-likeness (QED) is 0.468. The first-order valence-corrected chi connectivity index (χ1v) is 10.2. The zero-order valence-corrected chi connectivity index (χ0v) is 17.5. The first kappa shape index (κ1) is 20.8. The molecular formula is C21H26Cl2N4O+2. The van der Waals surface area contributed by atoms with E-state index in [9.17, 15) is 4.79 Å². The molecule has 1 aliphatic heterocycles. The Kier molecular flexibility index (Phi) is 7.45. The van der Waals surface area contributed by atoms with E-state index in [1.807, 2.05) is 0 Å². The predicted molar refractivity (Wildman–Crippen MR) is 113 cm³/mol. The monoisotopic (exact) mass is 420 g/mol. The number of nitrogens with one attached hydrogen (secondary N) is 3. The number of amides is 1. The van der Waals surface area contributed by atoms with Crippen LogP contribution in [0.15, 0.2) is 47.6 Å². The lowest BCUT2D eigenvalue weighted by Crippen LogP contribution is -3.28. The van der Waals surface area contributed by atoms with Crippen molar-refractivity contribution < 1.29 is 14.6 Å². The second-order valence-corrected chi connectivity index (χ2v) is 8.12. The number of hydrazone groups is 1. The van der Waals surface area contributed by atoms with Gasteiger partial charge in [0.15, 0.2) is 6.54 Å². The van der Waals surface area contributed by atoms with Crippen LogP contribution in [0.25, 0.3) is 0 Å². The normalized spacial score (nSPS) is 19.7. The Labute approximate surface area is 175 Å². The van der Waals surface area contributed by atoms with Crippen LogP contribution >= 0.6 is 23.2 Å². The Morgan fingerprint density at radius 1 is 1.04 bits per heavy atom. The second kappa shape index (κ2) is 10.0. The largest absolute Gasteiger partial charge is 0.322 e. The molecule has 0 bridgehead atoms. The highest BCUT2D eigenvalue weighted by Gasteiger charge is 2.24. The molecule has 3 rings (SSSR count). The van der Waals surface area contributed by atoms with E-state index >= 15 is 0 Å². The molecule has 0 saturated carbocycles. The SMILES string of the molecule is Cc1ccc(C[NH+]2CC[NH+](CC(=O)N/N=C\c3ccc(Cl)c(Cl)c3)CC2)cc1. The van der Waals surface area contributed by atoms with Gasteiger partial charge in [-0.15, -0.1) is 0 Å². The van der Waals surface area contributed by atoms with E-state index in [-0.39, 0.29) is 5.91 Å². The van der Waals surface area contributed by atoms with Gasteiger partial charge in [0.1, 0.15) is 32.7 Å². The van der Waals surface area contributed by atoms with Crippen molar-refractivity contribution in [1.82, 2.24) is 5.43 Å². The van der Waals surface area contributed by atoms with Crippen LogP contribution in [0.5, 0.6) is 0 Å². The summed E-state index contributed by atoms with van der Waals surface area (Å²) in [7, 11) is 0. The molecule has 1 amide bonds. The number of quaternary nitrogens is 2. The molecule has 148 valence electrons. The van der Waals surface area contributed by atoms with E-state index in [4.69, 9.17) is 23.2 Å². The third-order valence-electron chi connectivity index (χ3n) is 5.00. The molecule has 0 atom stereocenters. The number of hydrogen-bond acceptors (Lipinski definition) is 2. The summed E-state index contributed by atoms with van der Waals surface area (Å²) in [6, 6.07) is 14.0. The highest BCUT2D eigenvalue weighted by Crippen LogP contribution is 2.21. The molecule has 1 aliphatic rings. The van der Waals surface area contributed by atoms with Crippen LogP contribution in [-0.4, -0.2) is 44.8 Å². The van der Waals surface area contributed by atoms with Crippen LogP contribution in [0, 0.1) is 6.92 Å². The number of halogens is 2. The van der Waals surface area contributed by atoms with Gasteiger partial charge in [0.25, 0.3) is 5.91 Å². The molecule has 2 aromatic carbocycles. The summed E-state index contributed by atoms with van der Waals surface area (Å²) in [6.45, 7) is 7.73. The molecule has 28 heavy (non-hydrogen) atoms. The molecule has 7 heteroatoms. The van der Waals surface area contributed by atoms with E-state index in [1.54, 1.807) is 29.3 Å². The van der Waals surface area contributed by atoms with Crippen molar-refractivity contribution in [1.29, 1.82) is 0 Å². The minimum absolute atomic E-state index is 0.0757. The molecule has 1 saturated heterocycles. The molecule has 3 N–H and O–H groups in total. The average Bonchev–Trinajstić information content (AvgIpc) is 2.68. The van der Waals surface area contributed by atoms with Gasteiger partial charge in [0.05, 0.1) is 16.3 Å². The molecule has 0 aromatic heterocycles. The van der Waals surface area contributed by atoms with Crippen LogP contribution in [0.1, 0.15) is 16.7 Å². The number of carbonyl (C=O) groups is 1. The summed E-state index contributed by atoms with van der Waals surface area (Å²) in [6.07, 6.45) is 1.57. The average molecular weight is 421 g/mol. The topological polar surface area (TPSA) is 50.3 Å². The summed E-state index contributed by atoms with van der Waals surface area (Å²) in [5.74, 6) is -0.0757. The lowest BCUT2D eigenvalue weighted by molar-refractivity contribution is -1.02. The number of carbonyl (C=O) groups excluding carboxylic acids is 1. The number of rotatable bonds is 6. The number of benzene rings is 2. The summed E-state index contributed by atoms with van der Waals surface area (Å²) in [4.78, 5) is 15.0. The highest BCUT2D eigenvalue weighted by atomic mass is 35.5. The maximum absolute atomic E-state index is 12.1. The Balaban J connectivity index is 1.39. The fourth-order valence-electron chi connectivity index (χ4n) is 3.34. The third kappa shape index (κ3) is 6.31. The fraction of sp³-hybridized carbons (Fsp3) is 0.333. The molecule has 1 heterocycles. The van der Waals surface area contributed by atoms with E-state index < -0.39 is 0 Å². The molecule has 0 radical (unpaired) electrons. The van der Waals surface area contributed by atoms with Gasteiger partial charge in [0, 0.05) is 5.56 Å². The molecule has 0 spiro atoms. The van der Waals surface area contributed by atoms with Crippen molar-refractivity contribution in [3.8, 4) is 0 Å². The van der Waals surface area contributed by atoms with E-state index in [1.165, 1.54) is 16.0 Å². The summed E-state index contributed by atoms with van der Waals surface area (Å²) < 4.78 is 0. The van der Waals surface area contributed by atoms with Gasteiger partial charge in [-0.1, -0.05) is 59.1 Å². The molecule has 0 aliphatic carbocycles. The Morgan fingerprint density at radius 3 is 2.39 bits per heavy atom. The minimum Gasteiger partial charge on any atom is -0.322 e. The Bertz CT molecular complexity index is 831. The zero-order valence-electron chi connectivity index (χ0n) is 16.0. The Morgan fingerprint density at radius 2 is 1.71 bits per heavy atom. The van der Waals surface area contributed by atoms with Crippen molar-refractivity contribution in [3.05, 3.63) is 69.2 Å². The maximum atomic E-state index is 12.1. The van der Waals surface area contributed by atoms with Crippen LogP contribution < -0.4 is 15.2 Å². The van der Waals surface area contributed by atoms with Crippen LogP contribution in [0.4, 0.5) is 0 Å². The number of piperazine rings is 1. The third-order valence-corrected chi connectivity index (χ3v) is 5.74. The van der Waals surface area contributed by atoms with Crippen molar-refractivity contribution >= 4 is 35.3 Å². The summed E-state index contributed by atoms with van der Waals surface area (Å²) in [5.41, 5.74) is 6.05. The summed E-state index contributed by atoms with van der Waals surface area (Å²) >= 11 is 11.9. The van der Waals surface area contributed by atoms with Gasteiger partial charge in [-0.05, 0) is 24.6 Å². The molecular weight excluding hydrogens is 395 g/mol. The lowest BCUT2D eigenvalue weighted by atomic mass is 10.1. The predicted octanol–water partition coefficient (Wildman–Crippen LogP) is 0.736. The van der Waals surface area contributed by atoms with Gasteiger partial charge >= 0.3 is 0 Å². The first-order valence-electron chi connectivity index (χ1n) is 9.49. The van der Waals surface area contributed by atoms with Crippen molar-refractivity contribution in [2.24, 2.45) is 5.10 Å². The van der Waals surface area contributed by atoms with Gasteiger partial charge in [-0.3, -0.25) is 4.79 Å². The van der Waals surface area contributed by atoms with E-state index in [0.29, 0.717) is 16.6 Å². The smallest absolute Gasteiger partial charge is 0.295 e. The molecule has 0 unspecified atom stereocenters. The van der Waals surface area contributed by atoms with Crippen LogP contribution in [-0.2, 0) is 11.3 Å². The Hall–Kier alpha value is -1.92. The van der Waals surface area contributed by atoms with Gasteiger partial charge in [-0.2, -0.15) is 5.10 Å². The van der Waals surface area contributed by atoms with E-state index in [2.05, 4.69) is 41.7 Å². The summed E-state index contributed by atoms with van der Waals surface area (Å²) in [5, 5.41) is 4.97. The van der Waals surface area contributed by atoms with Gasteiger partial charge < -0.3 is 9.80 Å². The number of nitrogens with zero attached hydrogens (tertiary/aromatic N) is 1. The van der Waals surface area contributed by atoms with Crippen LogP contribution in [0.3, 0.4) is 0 Å². The number of aryl methyl sites for hydroxylation is 1. The van der Waals surface area contributed by atoms with E-state index in [0.717, 1.165) is 38.3 Å². The highest BCUT2D eigenvalue weighted by molar-refractivity contribution is 6.42. The minimum atomic E-state index is -0.0757. The van der Waals surface area contributed by atoms with Gasteiger partial charge in [-0.25, -0.2) is 5.43 Å². The van der Waals surface area contributed by atoms with Gasteiger partial charge in [0.2, 0.25) is 0 Å². The zero-order chi connectivity index (χ0) is 19.9. The first-order chi connectivity index (χ1) is 13.5. The molecule has 5 nitrogen and oxygen atoms in total. The molecule has 2 aromatic rings.